The summed E-state index contributed by atoms with van der Waals surface area (Å²) in [5.41, 5.74) is 1.98. The van der Waals surface area contributed by atoms with Gasteiger partial charge < -0.3 is 25.4 Å². The molecule has 20 heavy (non-hydrogen) atoms. The lowest BCUT2D eigenvalue weighted by molar-refractivity contribution is -0.124. The predicted octanol–water partition coefficient (Wildman–Crippen LogP) is 0.424. The van der Waals surface area contributed by atoms with Crippen LogP contribution in [0.4, 0.5) is 11.4 Å². The number of hydrogen-bond donors (Lipinski definition) is 3. The summed E-state index contributed by atoms with van der Waals surface area (Å²) in [7, 11) is 0. The van der Waals surface area contributed by atoms with Crippen molar-refractivity contribution in [2.75, 3.05) is 43.5 Å². The summed E-state index contributed by atoms with van der Waals surface area (Å²) < 4.78 is 10.8. The van der Waals surface area contributed by atoms with Crippen LogP contribution in [-0.2, 0) is 14.3 Å². The summed E-state index contributed by atoms with van der Waals surface area (Å²) in [4.78, 5) is 12.1. The number of fused-ring (bicyclic) bond motifs is 1. The van der Waals surface area contributed by atoms with E-state index in [0.717, 1.165) is 11.4 Å². The van der Waals surface area contributed by atoms with Crippen molar-refractivity contribution in [3.8, 4) is 0 Å². The Morgan fingerprint density at radius 2 is 2.15 bits per heavy atom. The van der Waals surface area contributed by atoms with Gasteiger partial charge in [-0.1, -0.05) is 12.1 Å². The van der Waals surface area contributed by atoms with Gasteiger partial charge in [-0.25, -0.2) is 0 Å². The van der Waals surface area contributed by atoms with Crippen LogP contribution >= 0.6 is 0 Å². The summed E-state index contributed by atoms with van der Waals surface area (Å²) in [5.74, 6) is -0.0267. The first-order valence-corrected chi connectivity index (χ1v) is 6.89. The van der Waals surface area contributed by atoms with Crippen LogP contribution < -0.4 is 16.0 Å². The Balaban J connectivity index is 1.51. The normalized spacial score (nSPS) is 25.0. The Labute approximate surface area is 117 Å². The van der Waals surface area contributed by atoms with Crippen LogP contribution in [0.5, 0.6) is 0 Å². The van der Waals surface area contributed by atoms with Gasteiger partial charge in [0.25, 0.3) is 0 Å². The zero-order chi connectivity index (χ0) is 13.8. The van der Waals surface area contributed by atoms with E-state index in [1.807, 2.05) is 24.3 Å². The van der Waals surface area contributed by atoms with E-state index in [-0.39, 0.29) is 18.1 Å². The minimum atomic E-state index is -0.269. The molecule has 2 heterocycles. The minimum absolute atomic E-state index is 0.0267. The Kier molecular flexibility index (Phi) is 4.03. The zero-order valence-corrected chi connectivity index (χ0v) is 11.2. The van der Waals surface area contributed by atoms with E-state index in [1.54, 1.807) is 0 Å². The van der Waals surface area contributed by atoms with Crippen molar-refractivity contribution >= 4 is 17.3 Å². The summed E-state index contributed by atoms with van der Waals surface area (Å²) in [6, 6.07) is 7.59. The van der Waals surface area contributed by atoms with E-state index in [2.05, 4.69) is 16.0 Å². The quantitative estimate of drug-likeness (QED) is 0.747. The molecular formula is C14H19N3O3. The monoisotopic (exact) mass is 277 g/mol. The molecule has 0 bridgehead atoms. The van der Waals surface area contributed by atoms with Crippen LogP contribution in [0, 0.1) is 0 Å². The second-order valence-corrected chi connectivity index (χ2v) is 4.94. The number of anilines is 2. The lowest BCUT2D eigenvalue weighted by Gasteiger charge is -2.28. The molecule has 6 nitrogen and oxygen atoms in total. The van der Waals surface area contributed by atoms with Crippen molar-refractivity contribution in [2.45, 2.75) is 12.1 Å². The number of amides is 1. The molecule has 3 N–H and O–H groups in total. The second-order valence-electron chi connectivity index (χ2n) is 4.94. The van der Waals surface area contributed by atoms with Crippen molar-refractivity contribution in [1.29, 1.82) is 0 Å². The largest absolute Gasteiger partial charge is 0.381 e. The summed E-state index contributed by atoms with van der Waals surface area (Å²) in [5, 5.41) is 9.40. The van der Waals surface area contributed by atoms with Crippen LogP contribution in [0.3, 0.4) is 0 Å². The molecule has 1 aromatic rings. The highest BCUT2D eigenvalue weighted by Crippen LogP contribution is 2.25. The molecule has 0 aliphatic carbocycles. The van der Waals surface area contributed by atoms with Crippen molar-refractivity contribution in [1.82, 2.24) is 5.32 Å². The van der Waals surface area contributed by atoms with Gasteiger partial charge in [0.1, 0.15) is 6.04 Å². The maximum Gasteiger partial charge on any atom is 0.244 e. The van der Waals surface area contributed by atoms with Gasteiger partial charge in [0, 0.05) is 13.1 Å². The van der Waals surface area contributed by atoms with Gasteiger partial charge in [0.2, 0.25) is 5.91 Å². The Morgan fingerprint density at radius 1 is 1.30 bits per heavy atom. The molecule has 1 amide bonds. The number of ether oxygens (including phenoxy) is 2. The highest BCUT2D eigenvalue weighted by atomic mass is 16.6. The van der Waals surface area contributed by atoms with E-state index in [0.29, 0.717) is 32.9 Å². The van der Waals surface area contributed by atoms with Crippen molar-refractivity contribution in [3.05, 3.63) is 24.3 Å². The SMILES string of the molecule is O=C(NCC1COCCO1)C1CNc2ccccc2N1. The third-order valence-corrected chi connectivity index (χ3v) is 3.46. The molecule has 0 radical (unpaired) electrons. The van der Waals surface area contributed by atoms with Gasteiger partial charge in [-0.05, 0) is 12.1 Å². The molecule has 0 saturated carbocycles. The Bertz CT molecular complexity index is 474. The summed E-state index contributed by atoms with van der Waals surface area (Å²) in [6.45, 7) is 2.83. The second kappa shape index (κ2) is 6.11. The van der Waals surface area contributed by atoms with Gasteiger partial charge in [-0.15, -0.1) is 0 Å². The minimum Gasteiger partial charge on any atom is -0.381 e. The first-order valence-electron chi connectivity index (χ1n) is 6.89. The fraction of sp³-hybridized carbons (Fsp3) is 0.500. The van der Waals surface area contributed by atoms with E-state index in [1.165, 1.54) is 0 Å². The number of carbonyl (C=O) groups is 1. The molecule has 1 fully saturated rings. The maximum absolute atomic E-state index is 12.1. The molecule has 3 rings (SSSR count). The first-order chi connectivity index (χ1) is 9.83. The number of para-hydroxylation sites is 2. The number of rotatable bonds is 3. The maximum atomic E-state index is 12.1. The standard InChI is InChI=1S/C14H19N3O3/c18-14(16-7-10-9-19-5-6-20-10)13-8-15-11-3-1-2-4-12(11)17-13/h1-4,10,13,15,17H,5-9H2,(H,16,18). The van der Waals surface area contributed by atoms with Crippen molar-refractivity contribution < 1.29 is 14.3 Å². The van der Waals surface area contributed by atoms with Crippen molar-refractivity contribution in [2.24, 2.45) is 0 Å². The van der Waals surface area contributed by atoms with E-state index < -0.39 is 0 Å². The smallest absolute Gasteiger partial charge is 0.244 e. The van der Waals surface area contributed by atoms with Crippen LogP contribution in [0.2, 0.25) is 0 Å². The number of carbonyl (C=O) groups excluding carboxylic acids is 1. The number of nitrogens with one attached hydrogen (secondary N) is 3. The summed E-state index contributed by atoms with van der Waals surface area (Å²) in [6.07, 6.45) is -0.0449. The molecule has 2 unspecified atom stereocenters. The molecule has 0 aromatic heterocycles. The summed E-state index contributed by atoms with van der Waals surface area (Å²) >= 11 is 0. The lowest BCUT2D eigenvalue weighted by atomic mass is 10.1. The highest BCUT2D eigenvalue weighted by Gasteiger charge is 2.24. The predicted molar refractivity (Wildman–Crippen MR) is 75.9 cm³/mol. The lowest BCUT2D eigenvalue weighted by Crippen LogP contribution is -2.49. The molecule has 2 aliphatic rings. The molecule has 2 atom stereocenters. The first kappa shape index (κ1) is 13.2. The fourth-order valence-electron chi connectivity index (χ4n) is 2.36. The van der Waals surface area contributed by atoms with Crippen LogP contribution in [0.1, 0.15) is 0 Å². The third kappa shape index (κ3) is 3.02. The van der Waals surface area contributed by atoms with Crippen LogP contribution in [-0.4, -0.2) is 51.0 Å². The van der Waals surface area contributed by atoms with Gasteiger partial charge in [-0.3, -0.25) is 4.79 Å². The molecule has 1 aromatic carbocycles. The molecule has 1 saturated heterocycles. The fourth-order valence-corrected chi connectivity index (χ4v) is 2.36. The Hall–Kier alpha value is -1.79. The topological polar surface area (TPSA) is 71.6 Å². The van der Waals surface area contributed by atoms with Gasteiger partial charge in [-0.2, -0.15) is 0 Å². The molecule has 2 aliphatic heterocycles. The molecule has 6 heteroatoms. The average Bonchev–Trinajstić information content (AvgIpc) is 2.53. The zero-order valence-electron chi connectivity index (χ0n) is 11.2. The van der Waals surface area contributed by atoms with Crippen LogP contribution in [0.15, 0.2) is 24.3 Å². The number of benzene rings is 1. The van der Waals surface area contributed by atoms with Gasteiger partial charge in [0.15, 0.2) is 0 Å². The average molecular weight is 277 g/mol. The van der Waals surface area contributed by atoms with E-state index in [4.69, 9.17) is 9.47 Å². The number of hydrogen-bond acceptors (Lipinski definition) is 5. The highest BCUT2D eigenvalue weighted by molar-refractivity contribution is 5.88. The van der Waals surface area contributed by atoms with Gasteiger partial charge in [0.05, 0.1) is 37.3 Å². The van der Waals surface area contributed by atoms with Crippen molar-refractivity contribution in [3.63, 3.8) is 0 Å². The van der Waals surface area contributed by atoms with Gasteiger partial charge >= 0.3 is 0 Å². The Morgan fingerprint density at radius 3 is 2.95 bits per heavy atom. The van der Waals surface area contributed by atoms with E-state index >= 15 is 0 Å². The molecule has 0 spiro atoms. The molecular weight excluding hydrogens is 258 g/mol. The third-order valence-electron chi connectivity index (χ3n) is 3.46. The van der Waals surface area contributed by atoms with E-state index in [9.17, 15) is 4.79 Å². The molecule has 108 valence electrons. The van der Waals surface area contributed by atoms with Crippen LogP contribution in [0.25, 0.3) is 0 Å².